The van der Waals surface area contributed by atoms with E-state index in [1.807, 2.05) is 0 Å². The van der Waals surface area contributed by atoms with Crippen molar-refractivity contribution in [2.75, 3.05) is 26.3 Å². The van der Waals surface area contributed by atoms with Crippen LogP contribution in [0.3, 0.4) is 0 Å². The van der Waals surface area contributed by atoms with Gasteiger partial charge in [-0.15, -0.1) is 0 Å². The van der Waals surface area contributed by atoms with E-state index in [2.05, 4.69) is 63.8 Å². The lowest BCUT2D eigenvalue weighted by Crippen LogP contribution is -2.54. The van der Waals surface area contributed by atoms with Gasteiger partial charge in [-0.1, -0.05) is 45.0 Å². The Morgan fingerprint density at radius 3 is 2.38 bits per heavy atom. The third-order valence-corrected chi connectivity index (χ3v) is 4.44. The van der Waals surface area contributed by atoms with Crippen LogP contribution in [0.1, 0.15) is 51.8 Å². The first kappa shape index (κ1) is 16.5. The highest BCUT2D eigenvalue weighted by Gasteiger charge is 2.31. The fourth-order valence-electron chi connectivity index (χ4n) is 2.80. The normalized spacial score (nSPS) is 21.2. The van der Waals surface area contributed by atoms with E-state index in [0.717, 1.165) is 26.3 Å². The number of hydrogen-bond acceptors (Lipinski definition) is 3. The molecule has 1 aliphatic heterocycles. The van der Waals surface area contributed by atoms with Crippen LogP contribution in [-0.4, -0.2) is 36.7 Å². The van der Waals surface area contributed by atoms with Crippen molar-refractivity contribution >= 4 is 0 Å². The van der Waals surface area contributed by atoms with E-state index < -0.39 is 0 Å². The molecule has 1 saturated heterocycles. The molecule has 1 atom stereocenters. The van der Waals surface area contributed by atoms with E-state index in [-0.39, 0.29) is 17.0 Å². The predicted molar refractivity (Wildman–Crippen MR) is 88.5 cm³/mol. The predicted octanol–water partition coefficient (Wildman–Crippen LogP) is 3.09. The Hall–Kier alpha value is -0.900. The molecule has 1 aromatic rings. The van der Waals surface area contributed by atoms with Crippen LogP contribution >= 0.6 is 0 Å². The lowest BCUT2D eigenvalue weighted by molar-refractivity contribution is -0.0531. The van der Waals surface area contributed by atoms with Crippen LogP contribution in [0.2, 0.25) is 0 Å². The van der Waals surface area contributed by atoms with Gasteiger partial charge < -0.3 is 10.5 Å². The zero-order valence-corrected chi connectivity index (χ0v) is 14.1. The average Bonchev–Trinajstić information content (AvgIpc) is 2.40. The molecule has 1 unspecified atom stereocenters. The Kier molecular flexibility index (Phi) is 4.76. The number of nitrogens with zero attached hydrogens (tertiary/aromatic N) is 1. The van der Waals surface area contributed by atoms with Crippen LogP contribution in [-0.2, 0) is 10.2 Å². The van der Waals surface area contributed by atoms with Crippen molar-refractivity contribution in [3.8, 4) is 0 Å². The maximum absolute atomic E-state index is 6.42. The minimum absolute atomic E-state index is 0.0522. The monoisotopic (exact) mass is 290 g/mol. The number of nitrogens with two attached hydrogens (primary N) is 1. The first-order valence-electron chi connectivity index (χ1n) is 7.89. The molecular formula is C18H30N2O. The Morgan fingerprint density at radius 1 is 1.24 bits per heavy atom. The van der Waals surface area contributed by atoms with Gasteiger partial charge in [-0.25, -0.2) is 0 Å². The second kappa shape index (κ2) is 6.07. The van der Waals surface area contributed by atoms with Crippen LogP contribution in [0, 0.1) is 0 Å². The zero-order chi connectivity index (χ0) is 15.7. The fourth-order valence-corrected chi connectivity index (χ4v) is 2.80. The van der Waals surface area contributed by atoms with Gasteiger partial charge in [0.25, 0.3) is 0 Å². The Balaban J connectivity index is 2.04. The van der Waals surface area contributed by atoms with E-state index in [1.54, 1.807) is 0 Å². The van der Waals surface area contributed by atoms with Crippen LogP contribution in [0.25, 0.3) is 0 Å². The number of rotatable bonds is 3. The molecule has 1 aliphatic rings. The summed E-state index contributed by atoms with van der Waals surface area (Å²) in [7, 11) is 0. The van der Waals surface area contributed by atoms with E-state index in [1.165, 1.54) is 11.1 Å². The molecule has 0 aliphatic carbocycles. The molecule has 0 saturated carbocycles. The van der Waals surface area contributed by atoms with Gasteiger partial charge in [0.1, 0.15) is 0 Å². The number of hydrogen-bond donors (Lipinski definition) is 1. The standard InChI is InChI=1S/C18H30N2O/c1-17(2,3)15-8-6-14(7-9-15)16(19)12-20-10-11-21-13-18(20,4)5/h6-9,16H,10-13,19H2,1-5H3. The van der Waals surface area contributed by atoms with Gasteiger partial charge in [-0.05, 0) is 30.4 Å². The van der Waals surface area contributed by atoms with E-state index in [9.17, 15) is 0 Å². The summed E-state index contributed by atoms with van der Waals surface area (Å²) in [5.74, 6) is 0. The van der Waals surface area contributed by atoms with E-state index >= 15 is 0 Å². The maximum Gasteiger partial charge on any atom is 0.0645 e. The second-order valence-electron chi connectivity index (χ2n) is 7.79. The summed E-state index contributed by atoms with van der Waals surface area (Å²) in [6.45, 7) is 14.6. The zero-order valence-electron chi connectivity index (χ0n) is 14.1. The molecule has 1 heterocycles. The summed E-state index contributed by atoms with van der Waals surface area (Å²) in [4.78, 5) is 2.44. The van der Waals surface area contributed by atoms with Crippen molar-refractivity contribution in [3.05, 3.63) is 35.4 Å². The van der Waals surface area contributed by atoms with Gasteiger partial charge in [0.15, 0.2) is 0 Å². The van der Waals surface area contributed by atoms with Crippen LogP contribution in [0.5, 0.6) is 0 Å². The van der Waals surface area contributed by atoms with Crippen molar-refractivity contribution in [3.63, 3.8) is 0 Å². The quantitative estimate of drug-likeness (QED) is 0.929. The molecule has 2 N–H and O–H groups in total. The Labute approximate surface area is 129 Å². The van der Waals surface area contributed by atoms with Gasteiger partial charge in [-0.2, -0.15) is 0 Å². The molecule has 2 rings (SSSR count). The minimum Gasteiger partial charge on any atom is -0.378 e. The molecule has 1 aromatic carbocycles. The van der Waals surface area contributed by atoms with Gasteiger partial charge in [-0.3, -0.25) is 4.90 Å². The van der Waals surface area contributed by atoms with Crippen LogP contribution < -0.4 is 5.73 Å². The summed E-state index contributed by atoms with van der Waals surface area (Å²) >= 11 is 0. The highest BCUT2D eigenvalue weighted by molar-refractivity contribution is 5.29. The molecule has 21 heavy (non-hydrogen) atoms. The van der Waals surface area contributed by atoms with Crippen molar-refractivity contribution in [2.24, 2.45) is 5.73 Å². The Morgan fingerprint density at radius 2 is 1.86 bits per heavy atom. The lowest BCUT2D eigenvalue weighted by Gasteiger charge is -2.43. The van der Waals surface area contributed by atoms with E-state index in [4.69, 9.17) is 10.5 Å². The molecule has 0 radical (unpaired) electrons. The molecular weight excluding hydrogens is 260 g/mol. The summed E-state index contributed by atoms with van der Waals surface area (Å²) in [5, 5.41) is 0. The van der Waals surface area contributed by atoms with Gasteiger partial charge >= 0.3 is 0 Å². The second-order valence-corrected chi connectivity index (χ2v) is 7.79. The summed E-state index contributed by atoms with van der Waals surface area (Å²) in [6.07, 6.45) is 0. The molecule has 0 aromatic heterocycles. The molecule has 0 spiro atoms. The first-order chi connectivity index (χ1) is 9.70. The lowest BCUT2D eigenvalue weighted by atomic mass is 9.86. The highest BCUT2D eigenvalue weighted by atomic mass is 16.5. The number of benzene rings is 1. The molecule has 3 heteroatoms. The number of ether oxygens (including phenoxy) is 1. The topological polar surface area (TPSA) is 38.5 Å². The average molecular weight is 290 g/mol. The van der Waals surface area contributed by atoms with Crippen LogP contribution in [0.15, 0.2) is 24.3 Å². The largest absolute Gasteiger partial charge is 0.378 e. The smallest absolute Gasteiger partial charge is 0.0645 e. The summed E-state index contributed by atoms with van der Waals surface area (Å²) in [5.41, 5.74) is 9.25. The SMILES string of the molecule is CC(C)(C)c1ccc(C(N)CN2CCOCC2(C)C)cc1. The van der Waals surface area contributed by atoms with Crippen molar-refractivity contribution in [2.45, 2.75) is 51.6 Å². The third-order valence-electron chi connectivity index (χ3n) is 4.44. The van der Waals surface area contributed by atoms with E-state index in [0.29, 0.717) is 0 Å². The summed E-state index contributed by atoms with van der Waals surface area (Å²) in [6, 6.07) is 8.83. The molecule has 0 bridgehead atoms. The van der Waals surface area contributed by atoms with Crippen molar-refractivity contribution in [1.29, 1.82) is 0 Å². The molecule has 118 valence electrons. The molecule has 3 nitrogen and oxygen atoms in total. The highest BCUT2D eigenvalue weighted by Crippen LogP contribution is 2.25. The number of morpholine rings is 1. The molecule has 1 fully saturated rings. The van der Waals surface area contributed by atoms with Gasteiger partial charge in [0.05, 0.1) is 13.2 Å². The minimum atomic E-state index is 0.0522. The summed E-state index contributed by atoms with van der Waals surface area (Å²) < 4.78 is 5.57. The van der Waals surface area contributed by atoms with Crippen molar-refractivity contribution < 1.29 is 4.74 Å². The van der Waals surface area contributed by atoms with Crippen molar-refractivity contribution in [1.82, 2.24) is 4.90 Å². The van der Waals surface area contributed by atoms with Gasteiger partial charge in [0.2, 0.25) is 0 Å². The fraction of sp³-hybridized carbons (Fsp3) is 0.667. The Bertz CT molecular complexity index is 459. The maximum atomic E-state index is 6.42. The first-order valence-corrected chi connectivity index (χ1v) is 7.89. The molecule has 0 amide bonds. The third kappa shape index (κ3) is 4.06. The van der Waals surface area contributed by atoms with Gasteiger partial charge in [0, 0.05) is 24.7 Å². The van der Waals surface area contributed by atoms with Crippen LogP contribution in [0.4, 0.5) is 0 Å².